The number of rotatable bonds is 0. The lowest BCUT2D eigenvalue weighted by molar-refractivity contribution is -0.118. The molecular weight excluding hydrogens is 426 g/mol. The number of hydrogen-bond acceptors (Lipinski definition) is 4. The highest BCUT2D eigenvalue weighted by molar-refractivity contribution is 6.07. The summed E-state index contributed by atoms with van der Waals surface area (Å²) in [4.78, 5) is 23.4. The molecular formula is C27H23N5O2. The van der Waals surface area contributed by atoms with Crippen molar-refractivity contribution >= 4 is 28.1 Å². The van der Waals surface area contributed by atoms with Gasteiger partial charge in [-0.2, -0.15) is 0 Å². The Morgan fingerprint density at radius 2 is 2.09 bits per heavy atom. The van der Waals surface area contributed by atoms with Crippen molar-refractivity contribution in [3.63, 3.8) is 0 Å². The van der Waals surface area contributed by atoms with Crippen LogP contribution in [0, 0.1) is 13.5 Å². The molecule has 0 radical (unpaired) electrons. The number of amides is 1. The molecule has 7 heteroatoms. The van der Waals surface area contributed by atoms with E-state index in [-0.39, 0.29) is 11.9 Å². The van der Waals surface area contributed by atoms with Crippen LogP contribution >= 0.6 is 0 Å². The third-order valence-electron chi connectivity index (χ3n) is 6.71. The summed E-state index contributed by atoms with van der Waals surface area (Å²) in [7, 11) is 0. The SMILES string of the molecule is [C-]#[N+]c1ccc2cc1Oc1ccc3cccc(c3c1)N1CC[C@@H](NCc3cnc(C)n3C2)C1=O. The van der Waals surface area contributed by atoms with Crippen LogP contribution in [-0.2, 0) is 17.9 Å². The Hall–Kier alpha value is -4.15. The zero-order valence-electron chi connectivity index (χ0n) is 18.8. The lowest BCUT2D eigenvalue weighted by Gasteiger charge is -2.21. The molecule has 0 aliphatic carbocycles. The number of nitrogens with zero attached hydrogens (tertiary/aromatic N) is 4. The van der Waals surface area contributed by atoms with E-state index in [2.05, 4.69) is 19.7 Å². The molecule has 1 N–H and O–H groups in total. The van der Waals surface area contributed by atoms with E-state index in [1.54, 1.807) is 0 Å². The summed E-state index contributed by atoms with van der Waals surface area (Å²) in [6, 6.07) is 17.3. The molecule has 1 amide bonds. The number of aromatic nitrogens is 2. The Bertz CT molecular complexity index is 1480. The fourth-order valence-corrected chi connectivity index (χ4v) is 4.88. The van der Waals surface area contributed by atoms with Crippen molar-refractivity contribution in [2.45, 2.75) is 32.5 Å². The first-order valence-corrected chi connectivity index (χ1v) is 11.4. The summed E-state index contributed by atoms with van der Waals surface area (Å²) < 4.78 is 8.39. The number of imidazole rings is 1. The van der Waals surface area contributed by atoms with Crippen LogP contribution in [0.3, 0.4) is 0 Å². The summed E-state index contributed by atoms with van der Waals surface area (Å²) in [5, 5.41) is 5.45. The van der Waals surface area contributed by atoms with Gasteiger partial charge < -0.3 is 19.5 Å². The van der Waals surface area contributed by atoms with Crippen LogP contribution in [0.15, 0.2) is 60.8 Å². The third kappa shape index (κ3) is 3.40. The molecule has 1 fully saturated rings. The molecule has 3 aromatic carbocycles. The molecule has 6 bridgehead atoms. The molecule has 2 aliphatic heterocycles. The van der Waals surface area contributed by atoms with Crippen LogP contribution in [-0.4, -0.2) is 28.0 Å². The Morgan fingerprint density at radius 3 is 2.97 bits per heavy atom. The number of ether oxygens (including phenoxy) is 1. The minimum Gasteiger partial charge on any atom is -0.468 e. The molecule has 0 unspecified atom stereocenters. The van der Waals surface area contributed by atoms with Gasteiger partial charge in [-0.25, -0.2) is 9.83 Å². The number of anilines is 1. The number of fused-ring (bicyclic) bond motifs is 7. The minimum atomic E-state index is -0.240. The number of benzene rings is 3. The van der Waals surface area contributed by atoms with Gasteiger partial charge in [0.25, 0.3) is 0 Å². The Labute approximate surface area is 197 Å². The Morgan fingerprint density at radius 1 is 1.18 bits per heavy atom. The van der Waals surface area contributed by atoms with Gasteiger partial charge in [0.05, 0.1) is 24.0 Å². The van der Waals surface area contributed by atoms with Crippen molar-refractivity contribution in [2.24, 2.45) is 0 Å². The number of aryl methyl sites for hydroxylation is 1. The third-order valence-corrected chi connectivity index (χ3v) is 6.71. The fourth-order valence-electron chi connectivity index (χ4n) is 4.88. The molecule has 2 aliphatic rings. The molecule has 4 aromatic rings. The molecule has 3 heterocycles. The predicted molar refractivity (Wildman–Crippen MR) is 130 cm³/mol. The number of carbonyl (C=O) groups excluding carboxylic acids is 1. The summed E-state index contributed by atoms with van der Waals surface area (Å²) in [6.07, 6.45) is 2.60. The zero-order chi connectivity index (χ0) is 23.2. The lowest BCUT2D eigenvalue weighted by Crippen LogP contribution is -2.38. The van der Waals surface area contributed by atoms with E-state index in [0.717, 1.165) is 40.0 Å². The topological polar surface area (TPSA) is 63.8 Å². The van der Waals surface area contributed by atoms with Crippen LogP contribution < -0.4 is 15.0 Å². The van der Waals surface area contributed by atoms with Gasteiger partial charge >= 0.3 is 0 Å². The molecule has 168 valence electrons. The first-order valence-electron chi connectivity index (χ1n) is 11.4. The highest BCUT2D eigenvalue weighted by Crippen LogP contribution is 2.37. The molecule has 1 atom stereocenters. The maximum absolute atomic E-state index is 13.3. The van der Waals surface area contributed by atoms with Gasteiger partial charge in [0.2, 0.25) is 11.6 Å². The van der Waals surface area contributed by atoms with Gasteiger partial charge in [-0.05, 0) is 48.6 Å². The van der Waals surface area contributed by atoms with Crippen LogP contribution in [0.4, 0.5) is 11.4 Å². The summed E-state index contributed by atoms with van der Waals surface area (Å²) in [5.41, 5.74) is 3.37. The second kappa shape index (κ2) is 8.01. The highest BCUT2D eigenvalue weighted by atomic mass is 16.5. The van der Waals surface area contributed by atoms with Gasteiger partial charge in [0.1, 0.15) is 17.3 Å². The summed E-state index contributed by atoms with van der Waals surface area (Å²) in [6.45, 7) is 11.4. The van der Waals surface area contributed by atoms with Crippen molar-refractivity contribution in [1.29, 1.82) is 0 Å². The van der Waals surface area contributed by atoms with Gasteiger partial charge in [0.15, 0.2) is 0 Å². The van der Waals surface area contributed by atoms with E-state index in [1.807, 2.05) is 72.6 Å². The zero-order valence-corrected chi connectivity index (χ0v) is 18.8. The maximum atomic E-state index is 13.3. The van der Waals surface area contributed by atoms with Gasteiger partial charge in [-0.1, -0.05) is 30.3 Å². The van der Waals surface area contributed by atoms with E-state index >= 15 is 0 Å². The van der Waals surface area contributed by atoms with E-state index in [9.17, 15) is 4.79 Å². The molecule has 0 spiro atoms. The van der Waals surface area contributed by atoms with Crippen LogP contribution in [0.5, 0.6) is 11.5 Å². The first kappa shape index (κ1) is 20.5. The van der Waals surface area contributed by atoms with Crippen molar-refractivity contribution in [2.75, 3.05) is 11.4 Å². The monoisotopic (exact) mass is 449 g/mol. The van der Waals surface area contributed by atoms with Gasteiger partial charge in [0, 0.05) is 31.2 Å². The Balaban J connectivity index is 1.52. The van der Waals surface area contributed by atoms with Crippen molar-refractivity contribution in [3.8, 4) is 11.5 Å². The molecule has 7 nitrogen and oxygen atoms in total. The summed E-state index contributed by atoms with van der Waals surface area (Å²) in [5.74, 6) is 2.13. The number of nitrogens with one attached hydrogen (secondary N) is 1. The lowest BCUT2D eigenvalue weighted by atomic mass is 10.1. The van der Waals surface area contributed by atoms with E-state index in [4.69, 9.17) is 11.3 Å². The normalized spacial score (nSPS) is 17.5. The molecule has 1 aromatic heterocycles. The molecule has 1 saturated heterocycles. The predicted octanol–water partition coefficient (Wildman–Crippen LogP) is 4.94. The number of carbonyl (C=O) groups is 1. The van der Waals surface area contributed by atoms with E-state index < -0.39 is 0 Å². The van der Waals surface area contributed by atoms with Crippen molar-refractivity contribution in [1.82, 2.24) is 14.9 Å². The largest absolute Gasteiger partial charge is 0.468 e. The van der Waals surface area contributed by atoms with Gasteiger partial charge in [-0.15, -0.1) is 0 Å². The molecule has 34 heavy (non-hydrogen) atoms. The second-order valence-corrected chi connectivity index (χ2v) is 8.77. The average molecular weight is 450 g/mol. The first-order chi connectivity index (χ1) is 16.6. The quantitative estimate of drug-likeness (QED) is 0.386. The molecule has 6 rings (SSSR count). The Kier molecular flexibility index (Phi) is 4.82. The summed E-state index contributed by atoms with van der Waals surface area (Å²) >= 11 is 0. The fraction of sp³-hybridized carbons (Fsp3) is 0.222. The standard InChI is InChI=1S/C27H23N5O2/c1-17-29-14-20-15-30-24-10-11-31(27(24)33)25-5-3-4-19-7-8-21(13-22(19)25)34-26-12-18(16-32(17)20)6-9-23(26)28-2/h3-9,12-14,24,30H,10-11,15-16H2,1H3/t24-/m1/s1. The maximum Gasteiger partial charge on any atom is 0.244 e. The van der Waals surface area contributed by atoms with Gasteiger partial charge in [-0.3, -0.25) is 4.79 Å². The van der Waals surface area contributed by atoms with E-state index in [1.165, 1.54) is 0 Å². The highest BCUT2D eigenvalue weighted by Gasteiger charge is 2.33. The van der Waals surface area contributed by atoms with Crippen LogP contribution in [0.2, 0.25) is 0 Å². The number of hydrogen-bond donors (Lipinski definition) is 1. The average Bonchev–Trinajstić information content (AvgIpc) is 3.39. The minimum absolute atomic E-state index is 0.0780. The van der Waals surface area contributed by atoms with Crippen LogP contribution in [0.25, 0.3) is 15.6 Å². The molecule has 0 saturated carbocycles. The van der Waals surface area contributed by atoms with Crippen molar-refractivity contribution in [3.05, 3.63) is 89.3 Å². The smallest absolute Gasteiger partial charge is 0.244 e. The van der Waals surface area contributed by atoms with E-state index in [0.29, 0.717) is 36.8 Å². The van der Waals surface area contributed by atoms with Crippen LogP contribution in [0.1, 0.15) is 23.5 Å². The second-order valence-electron chi connectivity index (χ2n) is 8.77. The van der Waals surface area contributed by atoms with Crippen molar-refractivity contribution < 1.29 is 9.53 Å².